The van der Waals surface area contributed by atoms with Crippen LogP contribution in [0.15, 0.2) is 28.1 Å². The zero-order chi connectivity index (χ0) is 18.8. The minimum absolute atomic E-state index is 0.133. The molecule has 0 aromatic carbocycles. The third-order valence-electron chi connectivity index (χ3n) is 4.80. The maximum Gasteiger partial charge on any atom is 0.258 e. The van der Waals surface area contributed by atoms with Crippen molar-refractivity contribution < 1.29 is 14.1 Å². The van der Waals surface area contributed by atoms with Crippen LogP contribution in [0.3, 0.4) is 0 Å². The number of hydrogen-bond acceptors (Lipinski definition) is 7. The van der Waals surface area contributed by atoms with Crippen molar-refractivity contribution in [3.63, 3.8) is 0 Å². The Kier molecular flexibility index (Phi) is 5.20. The van der Waals surface area contributed by atoms with Gasteiger partial charge in [-0.3, -0.25) is 9.69 Å². The van der Waals surface area contributed by atoms with Gasteiger partial charge in [0.25, 0.3) is 11.6 Å². The zero-order valence-electron chi connectivity index (χ0n) is 15.4. The lowest BCUT2D eigenvalue weighted by Crippen LogP contribution is -2.43. The van der Waals surface area contributed by atoms with Crippen LogP contribution in [0.25, 0.3) is 11.1 Å². The summed E-state index contributed by atoms with van der Waals surface area (Å²) in [6.07, 6.45) is 0. The summed E-state index contributed by atoms with van der Waals surface area (Å²) in [6.45, 7) is 7.37. The van der Waals surface area contributed by atoms with Gasteiger partial charge in [0, 0.05) is 30.2 Å². The highest BCUT2D eigenvalue weighted by atomic mass is 32.1. The van der Waals surface area contributed by atoms with Gasteiger partial charge in [-0.1, -0.05) is 11.2 Å². The van der Waals surface area contributed by atoms with E-state index in [1.165, 1.54) is 4.88 Å². The van der Waals surface area contributed by atoms with Gasteiger partial charge in [0.2, 0.25) is 0 Å². The molecule has 1 aliphatic heterocycles. The Morgan fingerprint density at radius 3 is 2.93 bits per heavy atom. The zero-order valence-corrected chi connectivity index (χ0v) is 16.2. The number of aromatic nitrogens is 2. The Morgan fingerprint density at radius 1 is 1.37 bits per heavy atom. The number of hydrogen-bond donors (Lipinski definition) is 1. The van der Waals surface area contributed by atoms with E-state index in [4.69, 9.17) is 9.26 Å². The van der Waals surface area contributed by atoms with Gasteiger partial charge in [-0.05, 0) is 31.4 Å². The van der Waals surface area contributed by atoms with Crippen LogP contribution in [0.2, 0.25) is 0 Å². The van der Waals surface area contributed by atoms with Crippen LogP contribution < -0.4 is 5.32 Å². The highest BCUT2D eigenvalue weighted by Gasteiger charge is 2.25. The van der Waals surface area contributed by atoms with Crippen LogP contribution in [0.1, 0.15) is 32.7 Å². The molecule has 8 heteroatoms. The summed E-state index contributed by atoms with van der Waals surface area (Å²) in [5.74, 6) is -0.133. The molecular formula is C19H22N4O3S. The first-order valence-electron chi connectivity index (χ1n) is 9.00. The molecule has 1 unspecified atom stereocenters. The highest BCUT2D eigenvalue weighted by molar-refractivity contribution is 7.10. The molecule has 27 heavy (non-hydrogen) atoms. The summed E-state index contributed by atoms with van der Waals surface area (Å²) in [5, 5.41) is 9.81. The van der Waals surface area contributed by atoms with Crippen LogP contribution >= 0.6 is 11.3 Å². The van der Waals surface area contributed by atoms with E-state index in [0.717, 1.165) is 32.0 Å². The molecule has 1 aliphatic rings. The van der Waals surface area contributed by atoms with Gasteiger partial charge in [-0.2, -0.15) is 0 Å². The van der Waals surface area contributed by atoms with E-state index < -0.39 is 0 Å². The van der Waals surface area contributed by atoms with Crippen molar-refractivity contribution in [3.8, 4) is 0 Å². The van der Waals surface area contributed by atoms with Gasteiger partial charge in [0.1, 0.15) is 0 Å². The highest BCUT2D eigenvalue weighted by Crippen LogP contribution is 2.26. The van der Waals surface area contributed by atoms with E-state index in [0.29, 0.717) is 28.9 Å². The molecule has 0 bridgehead atoms. The third kappa shape index (κ3) is 3.73. The Hall–Kier alpha value is -2.29. The van der Waals surface area contributed by atoms with Crippen LogP contribution in [0.5, 0.6) is 0 Å². The van der Waals surface area contributed by atoms with Crippen LogP contribution in [-0.4, -0.2) is 53.8 Å². The molecule has 1 amide bonds. The maximum absolute atomic E-state index is 13.0. The average molecular weight is 386 g/mol. The fraction of sp³-hybridized carbons (Fsp3) is 0.421. The predicted octanol–water partition coefficient (Wildman–Crippen LogP) is 2.70. The lowest BCUT2D eigenvalue weighted by Gasteiger charge is -2.34. The van der Waals surface area contributed by atoms with Crippen molar-refractivity contribution >= 4 is 28.3 Å². The topological polar surface area (TPSA) is 80.5 Å². The third-order valence-corrected chi connectivity index (χ3v) is 5.78. The van der Waals surface area contributed by atoms with Crippen molar-refractivity contribution in [2.24, 2.45) is 0 Å². The van der Waals surface area contributed by atoms with Crippen molar-refractivity contribution in [1.29, 1.82) is 0 Å². The van der Waals surface area contributed by atoms with E-state index in [2.05, 4.69) is 31.8 Å². The number of pyridine rings is 1. The van der Waals surface area contributed by atoms with Gasteiger partial charge in [-0.15, -0.1) is 11.3 Å². The number of nitrogens with one attached hydrogen (secondary N) is 1. The number of thiophene rings is 1. The Balaban J connectivity index is 1.56. The summed E-state index contributed by atoms with van der Waals surface area (Å²) in [5.41, 5.74) is 2.36. The summed E-state index contributed by atoms with van der Waals surface area (Å²) < 4.78 is 10.7. The van der Waals surface area contributed by atoms with E-state index in [1.54, 1.807) is 17.4 Å². The molecular weight excluding hydrogens is 364 g/mol. The summed E-state index contributed by atoms with van der Waals surface area (Å²) in [4.78, 5) is 20.9. The number of carbonyl (C=O) groups is 1. The van der Waals surface area contributed by atoms with Gasteiger partial charge in [-0.25, -0.2) is 4.98 Å². The van der Waals surface area contributed by atoms with Crippen molar-refractivity contribution in [1.82, 2.24) is 20.4 Å². The minimum atomic E-state index is -0.133. The van der Waals surface area contributed by atoms with Crippen LogP contribution in [0, 0.1) is 13.8 Å². The molecule has 3 aromatic heterocycles. The number of aryl methyl sites for hydroxylation is 2. The molecule has 0 saturated carbocycles. The van der Waals surface area contributed by atoms with Gasteiger partial charge >= 0.3 is 0 Å². The Labute approximate surface area is 161 Å². The number of ether oxygens (including phenoxy) is 1. The smallest absolute Gasteiger partial charge is 0.258 e. The second kappa shape index (κ2) is 7.75. The summed E-state index contributed by atoms with van der Waals surface area (Å²) >= 11 is 1.71. The van der Waals surface area contributed by atoms with E-state index >= 15 is 0 Å². The molecule has 0 aliphatic carbocycles. The number of rotatable bonds is 5. The standard InChI is InChI=1S/C19H22N4O3S/c1-12-10-14(17-13(2)22-26-19(17)21-12)18(24)20-11-15(16-4-3-9-27-16)23-5-7-25-8-6-23/h3-4,9-10,15H,5-8,11H2,1-2H3,(H,20,24). The molecule has 0 spiro atoms. The molecule has 1 saturated heterocycles. The molecule has 1 fully saturated rings. The largest absolute Gasteiger partial charge is 0.379 e. The number of nitrogens with zero attached hydrogens (tertiary/aromatic N) is 3. The molecule has 3 aromatic rings. The molecule has 142 valence electrons. The molecule has 4 rings (SSSR count). The number of fused-ring (bicyclic) bond motifs is 1. The number of morpholine rings is 1. The Bertz CT molecular complexity index is 932. The lowest BCUT2D eigenvalue weighted by molar-refractivity contribution is 0.0169. The summed E-state index contributed by atoms with van der Waals surface area (Å²) in [6, 6.07) is 6.10. The van der Waals surface area contributed by atoms with Gasteiger partial charge in [0.05, 0.1) is 35.9 Å². The van der Waals surface area contributed by atoms with Crippen molar-refractivity contribution in [2.75, 3.05) is 32.8 Å². The summed E-state index contributed by atoms with van der Waals surface area (Å²) in [7, 11) is 0. The normalized spacial score (nSPS) is 16.5. The van der Waals surface area contributed by atoms with Crippen LogP contribution in [0.4, 0.5) is 0 Å². The fourth-order valence-corrected chi connectivity index (χ4v) is 4.32. The van der Waals surface area contributed by atoms with Crippen LogP contribution in [-0.2, 0) is 4.74 Å². The molecule has 1 atom stereocenters. The van der Waals surface area contributed by atoms with E-state index in [-0.39, 0.29) is 11.9 Å². The fourth-order valence-electron chi connectivity index (χ4n) is 3.46. The van der Waals surface area contributed by atoms with Gasteiger partial charge < -0.3 is 14.6 Å². The lowest BCUT2D eigenvalue weighted by atomic mass is 10.1. The first-order chi connectivity index (χ1) is 13.1. The van der Waals surface area contributed by atoms with Gasteiger partial charge in [0.15, 0.2) is 0 Å². The quantitative estimate of drug-likeness (QED) is 0.726. The van der Waals surface area contributed by atoms with E-state index in [9.17, 15) is 4.79 Å². The number of carbonyl (C=O) groups excluding carboxylic acids is 1. The Morgan fingerprint density at radius 2 is 2.19 bits per heavy atom. The molecule has 0 radical (unpaired) electrons. The van der Waals surface area contributed by atoms with Crippen molar-refractivity contribution in [2.45, 2.75) is 19.9 Å². The monoisotopic (exact) mass is 386 g/mol. The number of amides is 1. The van der Waals surface area contributed by atoms with E-state index in [1.807, 2.05) is 19.9 Å². The molecule has 1 N–H and O–H groups in total. The first kappa shape index (κ1) is 18.1. The average Bonchev–Trinajstić information content (AvgIpc) is 3.32. The second-order valence-electron chi connectivity index (χ2n) is 6.65. The molecule has 7 nitrogen and oxygen atoms in total. The maximum atomic E-state index is 13.0. The minimum Gasteiger partial charge on any atom is -0.379 e. The molecule has 4 heterocycles. The predicted molar refractivity (Wildman–Crippen MR) is 103 cm³/mol. The second-order valence-corrected chi connectivity index (χ2v) is 7.63. The van der Waals surface area contributed by atoms with Crippen molar-refractivity contribution in [3.05, 3.63) is 45.4 Å². The SMILES string of the molecule is Cc1cc(C(=O)NCC(c2cccs2)N2CCOCC2)c2c(C)noc2n1. The first-order valence-corrected chi connectivity index (χ1v) is 9.88.